The van der Waals surface area contributed by atoms with Crippen molar-refractivity contribution in [1.82, 2.24) is 5.43 Å². The number of hydrogen-bond donors (Lipinski definition) is 2. The minimum Gasteiger partial charge on any atom is -0.271 e. The molecule has 2 aromatic carbocycles. The molecule has 100 valence electrons. The van der Waals surface area contributed by atoms with Crippen LogP contribution in [0.2, 0.25) is 5.02 Å². The molecule has 2 nitrogen and oxygen atoms in total. The number of nitrogens with two attached hydrogens (primary N) is 1. The number of hydrogen-bond acceptors (Lipinski definition) is 2. The monoisotopic (exact) mass is 342 g/mol. The smallest absolute Gasteiger partial charge is 0.124 e. The first-order valence-corrected chi connectivity index (χ1v) is 6.93. The van der Waals surface area contributed by atoms with Crippen molar-refractivity contribution in [2.45, 2.75) is 12.5 Å². The zero-order valence-corrected chi connectivity index (χ0v) is 12.4. The molecular formula is C14H13BrClFN2. The fourth-order valence-electron chi connectivity index (χ4n) is 1.88. The van der Waals surface area contributed by atoms with Gasteiger partial charge in [0.1, 0.15) is 5.82 Å². The maximum absolute atomic E-state index is 13.0. The van der Waals surface area contributed by atoms with Gasteiger partial charge in [-0.2, -0.15) is 0 Å². The van der Waals surface area contributed by atoms with Gasteiger partial charge in [0.15, 0.2) is 0 Å². The van der Waals surface area contributed by atoms with E-state index in [1.807, 2.05) is 24.3 Å². The molecule has 0 aliphatic carbocycles. The summed E-state index contributed by atoms with van der Waals surface area (Å²) in [5.41, 5.74) is 4.66. The van der Waals surface area contributed by atoms with Crippen molar-refractivity contribution in [2.24, 2.45) is 5.84 Å². The number of nitrogens with one attached hydrogen (secondary N) is 1. The molecule has 0 aliphatic rings. The molecule has 0 amide bonds. The predicted molar refractivity (Wildman–Crippen MR) is 79.3 cm³/mol. The highest BCUT2D eigenvalue weighted by Crippen LogP contribution is 2.24. The first kappa shape index (κ1) is 14.5. The Kier molecular flexibility index (Phi) is 4.93. The molecule has 0 fully saturated rings. The summed E-state index contributed by atoms with van der Waals surface area (Å²) < 4.78 is 14.0. The molecule has 5 heteroatoms. The van der Waals surface area contributed by atoms with E-state index in [9.17, 15) is 4.39 Å². The van der Waals surface area contributed by atoms with E-state index in [1.165, 1.54) is 12.1 Å². The highest BCUT2D eigenvalue weighted by molar-refractivity contribution is 9.10. The van der Waals surface area contributed by atoms with Gasteiger partial charge in [0, 0.05) is 9.50 Å². The standard InChI is InChI=1S/C14H13BrClFN2/c15-11-4-1-9(2-5-11)14(19-18)7-10-3-6-12(17)8-13(10)16/h1-6,8,14,19H,7,18H2. The average molecular weight is 344 g/mol. The zero-order chi connectivity index (χ0) is 13.8. The third-order valence-corrected chi connectivity index (χ3v) is 3.79. The fourth-order valence-corrected chi connectivity index (χ4v) is 2.38. The van der Waals surface area contributed by atoms with Crippen LogP contribution in [0.5, 0.6) is 0 Å². The maximum atomic E-state index is 13.0. The van der Waals surface area contributed by atoms with Gasteiger partial charge in [0.05, 0.1) is 6.04 Å². The second-order valence-corrected chi connectivity index (χ2v) is 5.53. The number of halogens is 3. The Morgan fingerprint density at radius 1 is 1.21 bits per heavy atom. The van der Waals surface area contributed by atoms with Crippen molar-refractivity contribution in [1.29, 1.82) is 0 Å². The Balaban J connectivity index is 2.21. The van der Waals surface area contributed by atoms with Crippen LogP contribution in [0.4, 0.5) is 4.39 Å². The van der Waals surface area contributed by atoms with Crippen molar-refractivity contribution in [3.05, 3.63) is 68.9 Å². The molecule has 2 aromatic rings. The van der Waals surface area contributed by atoms with Gasteiger partial charge in [-0.3, -0.25) is 11.3 Å². The molecule has 0 saturated heterocycles. The first-order chi connectivity index (χ1) is 9.10. The van der Waals surface area contributed by atoms with E-state index < -0.39 is 0 Å². The number of benzene rings is 2. The fraction of sp³-hybridized carbons (Fsp3) is 0.143. The van der Waals surface area contributed by atoms with Crippen molar-refractivity contribution in [3.63, 3.8) is 0 Å². The van der Waals surface area contributed by atoms with Crippen molar-refractivity contribution in [2.75, 3.05) is 0 Å². The quantitative estimate of drug-likeness (QED) is 0.651. The van der Waals surface area contributed by atoms with Gasteiger partial charge in [0.25, 0.3) is 0 Å². The maximum Gasteiger partial charge on any atom is 0.124 e. The van der Waals surface area contributed by atoms with Gasteiger partial charge in [-0.25, -0.2) is 4.39 Å². The Morgan fingerprint density at radius 3 is 2.47 bits per heavy atom. The van der Waals surface area contributed by atoms with E-state index in [4.69, 9.17) is 17.4 Å². The second kappa shape index (κ2) is 6.48. The summed E-state index contributed by atoms with van der Waals surface area (Å²) in [4.78, 5) is 0. The third kappa shape index (κ3) is 3.76. The highest BCUT2D eigenvalue weighted by Gasteiger charge is 2.13. The van der Waals surface area contributed by atoms with Crippen molar-refractivity contribution in [3.8, 4) is 0 Å². The van der Waals surface area contributed by atoms with Crippen LogP contribution >= 0.6 is 27.5 Å². The Labute approximate surface area is 124 Å². The Hall–Kier alpha value is -0.940. The van der Waals surface area contributed by atoms with Crippen molar-refractivity contribution < 1.29 is 4.39 Å². The van der Waals surface area contributed by atoms with Crippen molar-refractivity contribution >= 4 is 27.5 Å². The topological polar surface area (TPSA) is 38.0 Å². The molecule has 0 heterocycles. The van der Waals surface area contributed by atoms with Crippen LogP contribution in [0.1, 0.15) is 17.2 Å². The zero-order valence-electron chi connectivity index (χ0n) is 10.0. The summed E-state index contributed by atoms with van der Waals surface area (Å²) in [6, 6.07) is 12.2. The Morgan fingerprint density at radius 2 is 1.89 bits per heavy atom. The van der Waals surface area contributed by atoms with E-state index in [0.717, 1.165) is 15.6 Å². The molecule has 3 N–H and O–H groups in total. The summed E-state index contributed by atoms with van der Waals surface area (Å²) >= 11 is 9.42. The lowest BCUT2D eigenvalue weighted by molar-refractivity contribution is 0.551. The van der Waals surface area contributed by atoms with E-state index in [0.29, 0.717) is 11.4 Å². The normalized spacial score (nSPS) is 12.4. The lowest BCUT2D eigenvalue weighted by Crippen LogP contribution is -2.29. The molecule has 0 bridgehead atoms. The molecule has 0 saturated carbocycles. The molecule has 19 heavy (non-hydrogen) atoms. The summed E-state index contributed by atoms with van der Waals surface area (Å²) in [6.45, 7) is 0. The van der Waals surface area contributed by atoms with Crippen LogP contribution in [0, 0.1) is 5.82 Å². The number of hydrazine groups is 1. The van der Waals surface area contributed by atoms with Crippen LogP contribution < -0.4 is 11.3 Å². The molecule has 0 spiro atoms. The molecule has 1 unspecified atom stereocenters. The van der Waals surface area contributed by atoms with Crippen LogP contribution in [0.25, 0.3) is 0 Å². The summed E-state index contributed by atoms with van der Waals surface area (Å²) in [5.74, 6) is 5.25. The van der Waals surface area contributed by atoms with E-state index in [-0.39, 0.29) is 11.9 Å². The summed E-state index contributed by atoms with van der Waals surface area (Å²) in [7, 11) is 0. The SMILES string of the molecule is NNC(Cc1ccc(F)cc1Cl)c1ccc(Br)cc1. The minimum absolute atomic E-state index is 0.0731. The van der Waals surface area contributed by atoms with Crippen LogP contribution in [0.3, 0.4) is 0 Å². The Bertz CT molecular complexity index is 560. The largest absolute Gasteiger partial charge is 0.271 e. The predicted octanol–water partition coefficient (Wildman–Crippen LogP) is 3.99. The van der Waals surface area contributed by atoms with E-state index in [2.05, 4.69) is 21.4 Å². The minimum atomic E-state index is -0.338. The molecular weight excluding hydrogens is 331 g/mol. The third-order valence-electron chi connectivity index (χ3n) is 2.91. The molecule has 1 atom stereocenters. The molecule has 0 aromatic heterocycles. The summed E-state index contributed by atoms with van der Waals surface area (Å²) in [5, 5.41) is 0.414. The van der Waals surface area contributed by atoms with Crippen LogP contribution in [0.15, 0.2) is 46.9 Å². The van der Waals surface area contributed by atoms with E-state index >= 15 is 0 Å². The van der Waals surface area contributed by atoms with Gasteiger partial charge < -0.3 is 0 Å². The second-order valence-electron chi connectivity index (χ2n) is 4.21. The van der Waals surface area contributed by atoms with Crippen LogP contribution in [-0.2, 0) is 6.42 Å². The van der Waals surface area contributed by atoms with Gasteiger partial charge in [-0.15, -0.1) is 0 Å². The van der Waals surface area contributed by atoms with E-state index in [1.54, 1.807) is 6.07 Å². The average Bonchev–Trinajstić information content (AvgIpc) is 2.39. The van der Waals surface area contributed by atoms with Crippen LogP contribution in [-0.4, -0.2) is 0 Å². The van der Waals surface area contributed by atoms with Gasteiger partial charge in [-0.1, -0.05) is 45.7 Å². The molecule has 0 radical (unpaired) electrons. The van der Waals surface area contributed by atoms with Gasteiger partial charge in [-0.05, 0) is 41.8 Å². The molecule has 2 rings (SSSR count). The molecule has 0 aliphatic heterocycles. The lowest BCUT2D eigenvalue weighted by atomic mass is 9.99. The first-order valence-electron chi connectivity index (χ1n) is 5.75. The van der Waals surface area contributed by atoms with Gasteiger partial charge >= 0.3 is 0 Å². The lowest BCUT2D eigenvalue weighted by Gasteiger charge is -2.17. The van der Waals surface area contributed by atoms with Gasteiger partial charge in [0.2, 0.25) is 0 Å². The number of rotatable bonds is 4. The highest BCUT2D eigenvalue weighted by atomic mass is 79.9. The summed E-state index contributed by atoms with van der Waals surface area (Å²) in [6.07, 6.45) is 0.594.